The van der Waals surface area contributed by atoms with Crippen LogP contribution in [-0.4, -0.2) is 77.1 Å². The third-order valence-electron chi connectivity index (χ3n) is 4.02. The summed E-state index contributed by atoms with van der Waals surface area (Å²) in [4.78, 5) is 28.9. The first-order chi connectivity index (χ1) is 9.08. The van der Waals surface area contributed by atoms with Crippen LogP contribution in [0.4, 0.5) is 4.79 Å². The van der Waals surface area contributed by atoms with Gasteiger partial charge in [0, 0.05) is 38.8 Å². The number of nitrogens with zero attached hydrogens (tertiary/aromatic N) is 3. The number of hydrogen-bond donors (Lipinski definition) is 1. The molecule has 0 saturated carbocycles. The summed E-state index contributed by atoms with van der Waals surface area (Å²) >= 11 is 0. The van der Waals surface area contributed by atoms with E-state index in [2.05, 4.69) is 6.92 Å². The van der Waals surface area contributed by atoms with Crippen molar-refractivity contribution in [3.8, 4) is 0 Å². The van der Waals surface area contributed by atoms with Gasteiger partial charge in [-0.2, -0.15) is 0 Å². The number of carbonyl (C=O) groups excluding carboxylic acids is 1. The third-order valence-corrected chi connectivity index (χ3v) is 4.02. The average Bonchev–Trinajstić information content (AvgIpc) is 2.64. The molecule has 0 aromatic carbocycles. The zero-order chi connectivity index (χ0) is 13.8. The van der Waals surface area contributed by atoms with Gasteiger partial charge in [-0.15, -0.1) is 0 Å². The van der Waals surface area contributed by atoms with Gasteiger partial charge in [0.15, 0.2) is 0 Å². The Bertz CT molecular complexity index is 348. The fourth-order valence-corrected chi connectivity index (χ4v) is 2.91. The van der Waals surface area contributed by atoms with E-state index in [9.17, 15) is 9.59 Å². The maximum atomic E-state index is 12.4. The minimum atomic E-state index is -0.798. The van der Waals surface area contributed by atoms with Crippen LogP contribution in [0.3, 0.4) is 0 Å². The van der Waals surface area contributed by atoms with Crippen molar-refractivity contribution in [2.45, 2.75) is 32.2 Å². The molecule has 2 fully saturated rings. The summed E-state index contributed by atoms with van der Waals surface area (Å²) in [7, 11) is 0. The zero-order valence-corrected chi connectivity index (χ0v) is 11.5. The Morgan fingerprint density at radius 2 is 1.89 bits per heavy atom. The molecule has 1 unspecified atom stereocenters. The number of carbonyl (C=O) groups is 2. The second kappa shape index (κ2) is 6.23. The van der Waals surface area contributed by atoms with Gasteiger partial charge in [0.1, 0.15) is 0 Å². The smallest absolute Gasteiger partial charge is 0.320 e. The Kier molecular flexibility index (Phi) is 4.63. The number of amides is 2. The molecule has 0 aromatic heterocycles. The van der Waals surface area contributed by atoms with Crippen molar-refractivity contribution in [3.05, 3.63) is 0 Å². The molecule has 0 aromatic rings. The van der Waals surface area contributed by atoms with E-state index in [1.807, 2.05) is 14.7 Å². The maximum Gasteiger partial charge on any atom is 0.320 e. The molecule has 2 aliphatic rings. The number of hydrogen-bond acceptors (Lipinski definition) is 3. The van der Waals surface area contributed by atoms with E-state index in [1.54, 1.807) is 0 Å². The molecule has 0 aliphatic carbocycles. The highest BCUT2D eigenvalue weighted by molar-refractivity contribution is 5.75. The van der Waals surface area contributed by atoms with Crippen molar-refractivity contribution in [2.75, 3.05) is 39.3 Å². The number of rotatable bonds is 2. The van der Waals surface area contributed by atoms with Gasteiger partial charge in [0.25, 0.3) is 0 Å². The minimum Gasteiger partial charge on any atom is -0.480 e. The second-order valence-corrected chi connectivity index (χ2v) is 5.48. The Labute approximate surface area is 114 Å². The predicted molar refractivity (Wildman–Crippen MR) is 71.1 cm³/mol. The molecule has 1 N–H and O–H groups in total. The van der Waals surface area contributed by atoms with Crippen LogP contribution in [0.25, 0.3) is 0 Å². The monoisotopic (exact) mass is 269 g/mol. The van der Waals surface area contributed by atoms with Gasteiger partial charge in [-0.3, -0.25) is 9.69 Å². The molecule has 108 valence electrons. The molecule has 2 heterocycles. The molecule has 1 atom stereocenters. The van der Waals surface area contributed by atoms with E-state index in [1.165, 1.54) is 0 Å². The molecule has 2 amide bonds. The van der Waals surface area contributed by atoms with Gasteiger partial charge < -0.3 is 14.9 Å². The van der Waals surface area contributed by atoms with Gasteiger partial charge in [-0.05, 0) is 26.2 Å². The lowest BCUT2D eigenvalue weighted by Gasteiger charge is -2.29. The van der Waals surface area contributed by atoms with Gasteiger partial charge in [0.05, 0.1) is 6.54 Å². The van der Waals surface area contributed by atoms with Crippen LogP contribution >= 0.6 is 0 Å². The Morgan fingerprint density at radius 1 is 1.11 bits per heavy atom. The van der Waals surface area contributed by atoms with Crippen LogP contribution < -0.4 is 0 Å². The zero-order valence-electron chi connectivity index (χ0n) is 11.5. The molecule has 6 nitrogen and oxygen atoms in total. The highest BCUT2D eigenvalue weighted by atomic mass is 16.4. The second-order valence-electron chi connectivity index (χ2n) is 5.48. The SMILES string of the molecule is CC1CCCN1C(=O)N1CCCN(CC(=O)O)CC1. The summed E-state index contributed by atoms with van der Waals surface area (Å²) in [6.45, 7) is 5.80. The molecule has 0 spiro atoms. The molecular formula is C13H23N3O3. The highest BCUT2D eigenvalue weighted by Gasteiger charge is 2.29. The van der Waals surface area contributed by atoms with Crippen LogP contribution in [0.15, 0.2) is 0 Å². The first-order valence-corrected chi connectivity index (χ1v) is 7.07. The maximum absolute atomic E-state index is 12.4. The van der Waals surface area contributed by atoms with Crippen LogP contribution in [0.5, 0.6) is 0 Å². The Morgan fingerprint density at radius 3 is 2.53 bits per heavy atom. The highest BCUT2D eigenvalue weighted by Crippen LogP contribution is 2.19. The molecular weight excluding hydrogens is 246 g/mol. The van der Waals surface area contributed by atoms with E-state index in [-0.39, 0.29) is 12.6 Å². The minimum absolute atomic E-state index is 0.0716. The molecule has 6 heteroatoms. The number of urea groups is 1. The summed E-state index contributed by atoms with van der Waals surface area (Å²) in [6.07, 6.45) is 3.03. The fourth-order valence-electron chi connectivity index (χ4n) is 2.91. The third kappa shape index (κ3) is 3.59. The molecule has 2 aliphatic heterocycles. The topological polar surface area (TPSA) is 64.1 Å². The average molecular weight is 269 g/mol. The first-order valence-electron chi connectivity index (χ1n) is 7.07. The first kappa shape index (κ1) is 14.1. The van der Waals surface area contributed by atoms with Gasteiger partial charge >= 0.3 is 12.0 Å². The normalized spacial score (nSPS) is 25.4. The van der Waals surface area contributed by atoms with Crippen molar-refractivity contribution in [1.29, 1.82) is 0 Å². The number of carboxylic acids is 1. The van der Waals surface area contributed by atoms with E-state index < -0.39 is 5.97 Å². The van der Waals surface area contributed by atoms with Gasteiger partial charge in [-0.1, -0.05) is 0 Å². The van der Waals surface area contributed by atoms with Crippen molar-refractivity contribution in [2.24, 2.45) is 0 Å². The van der Waals surface area contributed by atoms with Crippen molar-refractivity contribution in [1.82, 2.24) is 14.7 Å². The number of carboxylic acid groups (broad SMARTS) is 1. The molecule has 19 heavy (non-hydrogen) atoms. The molecule has 2 rings (SSSR count). The van der Waals surface area contributed by atoms with Crippen molar-refractivity contribution in [3.63, 3.8) is 0 Å². The number of likely N-dealkylation sites (tertiary alicyclic amines) is 1. The standard InChI is InChI=1S/C13H23N3O3/c1-11-4-2-7-16(11)13(19)15-6-3-5-14(8-9-15)10-12(17)18/h11H,2-10H2,1H3,(H,17,18). The van der Waals surface area contributed by atoms with Crippen molar-refractivity contribution < 1.29 is 14.7 Å². The summed E-state index contributed by atoms with van der Waals surface area (Å²) in [5, 5.41) is 8.81. The van der Waals surface area contributed by atoms with E-state index in [0.717, 1.165) is 38.9 Å². The predicted octanol–water partition coefficient (Wildman–Crippen LogP) is 0.683. The quantitative estimate of drug-likeness (QED) is 0.801. The van der Waals surface area contributed by atoms with Crippen molar-refractivity contribution >= 4 is 12.0 Å². The van der Waals surface area contributed by atoms with Gasteiger partial charge in [-0.25, -0.2) is 4.79 Å². The fraction of sp³-hybridized carbons (Fsp3) is 0.846. The molecule has 0 radical (unpaired) electrons. The molecule has 0 bridgehead atoms. The lowest BCUT2D eigenvalue weighted by Crippen LogP contribution is -2.46. The lowest BCUT2D eigenvalue weighted by atomic mass is 10.2. The Hall–Kier alpha value is -1.30. The Balaban J connectivity index is 1.88. The lowest BCUT2D eigenvalue weighted by molar-refractivity contribution is -0.138. The molecule has 2 saturated heterocycles. The van der Waals surface area contributed by atoms with E-state index in [4.69, 9.17) is 5.11 Å². The van der Waals surface area contributed by atoms with Gasteiger partial charge in [0.2, 0.25) is 0 Å². The summed E-state index contributed by atoms with van der Waals surface area (Å²) in [6, 6.07) is 0.466. The summed E-state index contributed by atoms with van der Waals surface area (Å²) in [5.74, 6) is -0.798. The van der Waals surface area contributed by atoms with Crippen LogP contribution in [0.2, 0.25) is 0 Å². The van der Waals surface area contributed by atoms with Crippen LogP contribution in [0.1, 0.15) is 26.2 Å². The number of aliphatic carboxylic acids is 1. The van der Waals surface area contributed by atoms with E-state index in [0.29, 0.717) is 19.1 Å². The summed E-state index contributed by atoms with van der Waals surface area (Å²) < 4.78 is 0. The van der Waals surface area contributed by atoms with Crippen LogP contribution in [-0.2, 0) is 4.79 Å². The largest absolute Gasteiger partial charge is 0.480 e. The summed E-state index contributed by atoms with van der Waals surface area (Å²) in [5.41, 5.74) is 0. The van der Waals surface area contributed by atoms with Crippen LogP contribution in [0, 0.1) is 0 Å². The van der Waals surface area contributed by atoms with E-state index >= 15 is 0 Å².